The van der Waals surface area contributed by atoms with Crippen molar-refractivity contribution in [1.82, 2.24) is 5.32 Å². The number of aryl methyl sites for hydroxylation is 2. The second kappa shape index (κ2) is 7.40. The summed E-state index contributed by atoms with van der Waals surface area (Å²) < 4.78 is 5.52. The van der Waals surface area contributed by atoms with Crippen LogP contribution in [-0.2, 0) is 14.3 Å². The lowest BCUT2D eigenvalue weighted by Gasteiger charge is -2.17. The minimum absolute atomic E-state index is 0.0841. The molecular formula is C17H23NO4. The van der Waals surface area contributed by atoms with Crippen LogP contribution in [0.25, 0.3) is 0 Å². The van der Waals surface area contributed by atoms with Crippen molar-refractivity contribution in [3.05, 3.63) is 34.9 Å². The lowest BCUT2D eigenvalue weighted by molar-refractivity contribution is -0.143. The predicted molar refractivity (Wildman–Crippen MR) is 82.6 cm³/mol. The maximum atomic E-state index is 12.0. The third-order valence-corrected chi connectivity index (χ3v) is 3.88. The number of ether oxygens (including phenoxy) is 1. The third kappa shape index (κ3) is 4.56. The van der Waals surface area contributed by atoms with Crippen LogP contribution in [0.4, 0.5) is 0 Å². The number of carboxylic acid groups (broad SMARTS) is 1. The molecule has 22 heavy (non-hydrogen) atoms. The van der Waals surface area contributed by atoms with Gasteiger partial charge in [0, 0.05) is 0 Å². The molecule has 0 spiro atoms. The Kier molecular flexibility index (Phi) is 5.55. The summed E-state index contributed by atoms with van der Waals surface area (Å²) in [5, 5.41) is 11.9. The van der Waals surface area contributed by atoms with E-state index in [2.05, 4.69) is 5.32 Å². The van der Waals surface area contributed by atoms with Crippen LogP contribution in [0.15, 0.2) is 18.2 Å². The van der Waals surface area contributed by atoms with Crippen molar-refractivity contribution >= 4 is 11.9 Å². The van der Waals surface area contributed by atoms with E-state index in [0.717, 1.165) is 36.8 Å². The fourth-order valence-corrected chi connectivity index (χ4v) is 2.92. The monoisotopic (exact) mass is 305 g/mol. The zero-order chi connectivity index (χ0) is 16.1. The summed E-state index contributed by atoms with van der Waals surface area (Å²) >= 11 is 0. The Morgan fingerprint density at radius 3 is 2.36 bits per heavy atom. The van der Waals surface area contributed by atoms with Gasteiger partial charge in [0.1, 0.15) is 6.61 Å². The van der Waals surface area contributed by atoms with Gasteiger partial charge in [0.05, 0.1) is 6.10 Å². The van der Waals surface area contributed by atoms with Gasteiger partial charge < -0.3 is 15.2 Å². The van der Waals surface area contributed by atoms with Crippen LogP contribution in [0.5, 0.6) is 0 Å². The van der Waals surface area contributed by atoms with Crippen LogP contribution in [0.1, 0.15) is 48.4 Å². The third-order valence-electron chi connectivity index (χ3n) is 3.88. The van der Waals surface area contributed by atoms with Gasteiger partial charge in [-0.3, -0.25) is 4.79 Å². The van der Waals surface area contributed by atoms with Crippen LogP contribution in [0.2, 0.25) is 0 Å². The number of hydrogen-bond donors (Lipinski definition) is 2. The summed E-state index contributed by atoms with van der Waals surface area (Å²) in [7, 11) is 0. The Morgan fingerprint density at radius 1 is 1.23 bits per heavy atom. The Morgan fingerprint density at radius 2 is 1.82 bits per heavy atom. The molecule has 5 heteroatoms. The molecule has 1 aromatic rings. The van der Waals surface area contributed by atoms with Gasteiger partial charge in [0.25, 0.3) is 0 Å². The van der Waals surface area contributed by atoms with Crippen molar-refractivity contribution in [2.45, 2.75) is 51.7 Å². The molecule has 0 heterocycles. The molecule has 1 aromatic carbocycles. The van der Waals surface area contributed by atoms with Gasteiger partial charge in [-0.25, -0.2) is 4.79 Å². The van der Waals surface area contributed by atoms with Crippen LogP contribution < -0.4 is 5.32 Å². The second-order valence-electron chi connectivity index (χ2n) is 5.98. The van der Waals surface area contributed by atoms with Crippen LogP contribution in [0, 0.1) is 13.8 Å². The summed E-state index contributed by atoms with van der Waals surface area (Å²) in [6.45, 7) is 3.72. The normalized spacial score (nSPS) is 16.5. The van der Waals surface area contributed by atoms with E-state index in [-0.39, 0.29) is 12.7 Å². The highest BCUT2D eigenvalue weighted by molar-refractivity contribution is 5.85. The largest absolute Gasteiger partial charge is 0.479 e. The Balaban J connectivity index is 1.98. The van der Waals surface area contributed by atoms with E-state index >= 15 is 0 Å². The van der Waals surface area contributed by atoms with Crippen molar-refractivity contribution in [3.63, 3.8) is 0 Å². The fraction of sp³-hybridized carbons (Fsp3) is 0.529. The summed E-state index contributed by atoms with van der Waals surface area (Å²) in [6.07, 6.45) is 4.36. The Hall–Kier alpha value is -1.88. The maximum absolute atomic E-state index is 12.0. The molecule has 1 fully saturated rings. The standard InChI is InChI=1S/C17H23NO4/c1-11-7-12(2)9-13(8-11)16(17(20)21)18-15(19)10-22-14-5-3-4-6-14/h7-9,14,16H,3-6,10H2,1-2H3,(H,18,19)(H,20,21). The minimum Gasteiger partial charge on any atom is -0.479 e. The van der Waals surface area contributed by atoms with Crippen molar-refractivity contribution in [2.24, 2.45) is 0 Å². The second-order valence-corrected chi connectivity index (χ2v) is 5.98. The zero-order valence-electron chi connectivity index (χ0n) is 13.1. The molecule has 0 aromatic heterocycles. The molecule has 0 saturated heterocycles. The Bertz CT molecular complexity index is 529. The van der Waals surface area contributed by atoms with Gasteiger partial charge in [-0.1, -0.05) is 42.2 Å². The van der Waals surface area contributed by atoms with E-state index in [1.807, 2.05) is 19.9 Å². The highest BCUT2D eigenvalue weighted by Crippen LogP contribution is 2.21. The number of aliphatic carboxylic acids is 1. The first-order valence-electron chi connectivity index (χ1n) is 7.67. The first-order chi connectivity index (χ1) is 10.5. The summed E-state index contributed by atoms with van der Waals surface area (Å²) in [6, 6.07) is 4.49. The number of amides is 1. The highest BCUT2D eigenvalue weighted by Gasteiger charge is 2.23. The smallest absolute Gasteiger partial charge is 0.330 e. The van der Waals surface area contributed by atoms with Gasteiger partial charge in [0.15, 0.2) is 6.04 Å². The first-order valence-corrected chi connectivity index (χ1v) is 7.67. The van der Waals surface area contributed by atoms with Crippen molar-refractivity contribution in [2.75, 3.05) is 6.61 Å². The number of carboxylic acids is 1. The van der Waals surface area contributed by atoms with E-state index in [0.29, 0.717) is 5.56 Å². The molecule has 1 aliphatic rings. The van der Waals surface area contributed by atoms with Gasteiger partial charge >= 0.3 is 5.97 Å². The molecule has 1 aliphatic carbocycles. The van der Waals surface area contributed by atoms with E-state index in [1.54, 1.807) is 12.1 Å². The first kappa shape index (κ1) is 16.5. The highest BCUT2D eigenvalue weighted by atomic mass is 16.5. The molecule has 1 unspecified atom stereocenters. The zero-order valence-corrected chi connectivity index (χ0v) is 13.1. The van der Waals surface area contributed by atoms with E-state index in [4.69, 9.17) is 4.74 Å². The average molecular weight is 305 g/mol. The topological polar surface area (TPSA) is 75.6 Å². The number of nitrogens with one attached hydrogen (secondary N) is 1. The van der Waals surface area contributed by atoms with E-state index in [9.17, 15) is 14.7 Å². The number of benzene rings is 1. The molecule has 0 radical (unpaired) electrons. The quantitative estimate of drug-likeness (QED) is 0.846. The van der Waals surface area contributed by atoms with Gasteiger partial charge in [-0.15, -0.1) is 0 Å². The van der Waals surface area contributed by atoms with Crippen LogP contribution in [-0.4, -0.2) is 29.7 Å². The fourth-order valence-electron chi connectivity index (χ4n) is 2.92. The van der Waals surface area contributed by atoms with Gasteiger partial charge in [0.2, 0.25) is 5.91 Å². The average Bonchev–Trinajstić information content (AvgIpc) is 2.94. The molecular weight excluding hydrogens is 282 g/mol. The van der Waals surface area contributed by atoms with E-state index in [1.165, 1.54) is 0 Å². The van der Waals surface area contributed by atoms with Gasteiger partial charge in [-0.2, -0.15) is 0 Å². The van der Waals surface area contributed by atoms with Crippen LogP contribution in [0.3, 0.4) is 0 Å². The minimum atomic E-state index is -1.07. The van der Waals surface area contributed by atoms with Crippen LogP contribution >= 0.6 is 0 Å². The summed E-state index contributed by atoms with van der Waals surface area (Å²) in [5.41, 5.74) is 2.52. The van der Waals surface area contributed by atoms with Gasteiger partial charge in [-0.05, 0) is 32.3 Å². The number of hydrogen-bond acceptors (Lipinski definition) is 3. The molecule has 5 nitrogen and oxygen atoms in total. The SMILES string of the molecule is Cc1cc(C)cc(C(NC(=O)COC2CCCC2)C(=O)O)c1. The molecule has 2 N–H and O–H groups in total. The van der Waals surface area contributed by atoms with Crippen molar-refractivity contribution in [1.29, 1.82) is 0 Å². The number of carbonyl (C=O) groups excluding carboxylic acids is 1. The number of rotatable bonds is 6. The molecule has 0 aliphatic heterocycles. The lowest BCUT2D eigenvalue weighted by atomic mass is 10.0. The predicted octanol–water partition coefficient (Wildman–Crippen LogP) is 2.50. The molecule has 1 saturated carbocycles. The Labute approximate surface area is 130 Å². The molecule has 0 bridgehead atoms. The van der Waals surface area contributed by atoms with Crippen molar-refractivity contribution < 1.29 is 19.4 Å². The molecule has 1 atom stereocenters. The molecule has 120 valence electrons. The summed E-state index contributed by atoms with van der Waals surface area (Å²) in [5.74, 6) is -1.46. The van der Waals surface area contributed by atoms with E-state index < -0.39 is 17.9 Å². The lowest BCUT2D eigenvalue weighted by Crippen LogP contribution is -2.36. The van der Waals surface area contributed by atoms with Crippen molar-refractivity contribution in [3.8, 4) is 0 Å². The molecule has 1 amide bonds. The molecule has 2 rings (SSSR count). The summed E-state index contributed by atoms with van der Waals surface area (Å²) in [4.78, 5) is 23.4. The maximum Gasteiger partial charge on any atom is 0.330 e. The number of carbonyl (C=O) groups is 2.